The minimum atomic E-state index is 0.479. The lowest BCUT2D eigenvalue weighted by molar-refractivity contribution is 0.772. The van der Waals surface area contributed by atoms with Crippen LogP contribution in [0.1, 0.15) is 49.1 Å². The second-order valence-corrected chi connectivity index (χ2v) is 6.63. The van der Waals surface area contributed by atoms with Crippen LogP contribution in [0.2, 0.25) is 0 Å². The van der Waals surface area contributed by atoms with Crippen LogP contribution in [-0.4, -0.2) is 34.2 Å². The fourth-order valence-corrected chi connectivity index (χ4v) is 2.98. The van der Waals surface area contributed by atoms with Gasteiger partial charge in [0, 0.05) is 24.7 Å². The Balaban J connectivity index is 1.81. The summed E-state index contributed by atoms with van der Waals surface area (Å²) in [6.45, 7) is 5.79. The largest absolute Gasteiger partial charge is 0.371 e. The van der Waals surface area contributed by atoms with Gasteiger partial charge in [0.25, 0.3) is 0 Å². The normalized spacial score (nSPS) is 14.0. The molecule has 1 aliphatic carbocycles. The van der Waals surface area contributed by atoms with Gasteiger partial charge in [-0.05, 0) is 62.2 Å². The highest BCUT2D eigenvalue weighted by Gasteiger charge is 2.29. The molecular weight excluding hydrogens is 332 g/mol. The fraction of sp³-hybridized carbons (Fsp3) is 0.444. The van der Waals surface area contributed by atoms with E-state index < -0.39 is 0 Å². The first-order valence-corrected chi connectivity index (χ1v) is 8.99. The Kier molecular flexibility index (Phi) is 5.29. The summed E-state index contributed by atoms with van der Waals surface area (Å²) in [6, 6.07) is 8.48. The highest BCUT2D eigenvalue weighted by Crippen LogP contribution is 2.38. The number of aromatic amines is 1. The molecule has 0 atom stereocenters. The first-order valence-electron chi connectivity index (χ1n) is 8.58. The van der Waals surface area contributed by atoms with Gasteiger partial charge in [0.1, 0.15) is 0 Å². The Morgan fingerprint density at radius 1 is 1.52 bits per heavy atom. The number of benzene rings is 1. The van der Waals surface area contributed by atoms with E-state index in [2.05, 4.69) is 58.3 Å². The molecule has 0 bridgehead atoms. The van der Waals surface area contributed by atoms with Crippen molar-refractivity contribution < 1.29 is 0 Å². The molecule has 0 amide bonds. The minimum Gasteiger partial charge on any atom is -0.371 e. The first-order chi connectivity index (χ1) is 12.1. The van der Waals surface area contributed by atoms with Crippen LogP contribution in [0.3, 0.4) is 0 Å². The third-order valence-electron chi connectivity index (χ3n) is 4.42. The number of anilines is 1. The van der Waals surface area contributed by atoms with Crippen molar-refractivity contribution in [3.05, 3.63) is 39.9 Å². The molecule has 1 N–H and O–H groups in total. The molecule has 1 aromatic carbocycles. The predicted molar refractivity (Wildman–Crippen MR) is 102 cm³/mol. The summed E-state index contributed by atoms with van der Waals surface area (Å²) in [5.41, 5.74) is 3.32. The van der Waals surface area contributed by atoms with Gasteiger partial charge in [-0.25, -0.2) is 0 Å². The number of nitrogens with one attached hydrogen (secondary N) is 1. The number of aryl methyl sites for hydroxylation is 1. The molecule has 25 heavy (non-hydrogen) atoms. The van der Waals surface area contributed by atoms with Crippen LogP contribution in [0.5, 0.6) is 0 Å². The molecule has 1 fully saturated rings. The first kappa shape index (κ1) is 17.4. The fourth-order valence-electron chi connectivity index (χ4n) is 2.80. The van der Waals surface area contributed by atoms with E-state index in [1.807, 2.05) is 6.21 Å². The van der Waals surface area contributed by atoms with E-state index in [0.29, 0.717) is 17.1 Å². The quantitative estimate of drug-likeness (QED) is 0.607. The topological polar surface area (TPSA) is 73.0 Å². The van der Waals surface area contributed by atoms with Crippen LogP contribution in [0.15, 0.2) is 23.3 Å². The molecule has 1 aromatic heterocycles. The van der Waals surface area contributed by atoms with Gasteiger partial charge in [-0.15, -0.1) is 0 Å². The van der Waals surface area contributed by atoms with Gasteiger partial charge in [-0.3, -0.25) is 5.10 Å². The van der Waals surface area contributed by atoms with Gasteiger partial charge >= 0.3 is 0 Å². The summed E-state index contributed by atoms with van der Waals surface area (Å²) >= 11 is 5.28. The molecule has 1 heterocycles. The molecule has 2 aromatic rings. The Bertz CT molecular complexity index is 868. The van der Waals surface area contributed by atoms with E-state index in [0.717, 1.165) is 48.6 Å². The summed E-state index contributed by atoms with van der Waals surface area (Å²) in [4.78, 5) is 2.20. The number of nitriles is 1. The zero-order valence-corrected chi connectivity index (χ0v) is 15.4. The monoisotopic (exact) mass is 354 g/mol. The standard InChI is InChI=1S/C18H22N6S/c1-3-23(10-4-9-19)16-8-7-15(13(2)11-16)12-20-24-17(14-5-6-14)21-22-18(24)25/h7-8,11-12,14H,3-6,10H2,1-2H3,(H,22,25)/b20-12-. The summed E-state index contributed by atoms with van der Waals surface area (Å²) < 4.78 is 2.26. The van der Waals surface area contributed by atoms with E-state index in [-0.39, 0.29) is 0 Å². The van der Waals surface area contributed by atoms with Crippen molar-refractivity contribution in [1.29, 1.82) is 5.26 Å². The number of aromatic nitrogens is 3. The van der Waals surface area contributed by atoms with Crippen LogP contribution in [0, 0.1) is 23.0 Å². The van der Waals surface area contributed by atoms with Gasteiger partial charge < -0.3 is 4.90 Å². The molecule has 6 nitrogen and oxygen atoms in total. The van der Waals surface area contributed by atoms with E-state index in [1.165, 1.54) is 0 Å². The maximum absolute atomic E-state index is 8.79. The lowest BCUT2D eigenvalue weighted by Crippen LogP contribution is -2.23. The van der Waals surface area contributed by atoms with Crippen LogP contribution in [-0.2, 0) is 0 Å². The Morgan fingerprint density at radius 2 is 2.32 bits per heavy atom. The maximum Gasteiger partial charge on any atom is 0.216 e. The van der Waals surface area contributed by atoms with Gasteiger partial charge in [-0.2, -0.15) is 20.1 Å². The number of nitrogens with zero attached hydrogens (tertiary/aromatic N) is 5. The van der Waals surface area contributed by atoms with Gasteiger partial charge in [0.05, 0.1) is 18.7 Å². The van der Waals surface area contributed by atoms with Crippen molar-refractivity contribution in [3.63, 3.8) is 0 Å². The second-order valence-electron chi connectivity index (χ2n) is 6.25. The van der Waals surface area contributed by atoms with Crippen molar-refractivity contribution in [2.45, 2.75) is 39.0 Å². The van der Waals surface area contributed by atoms with Crippen LogP contribution >= 0.6 is 12.2 Å². The van der Waals surface area contributed by atoms with E-state index >= 15 is 0 Å². The molecule has 1 saturated carbocycles. The number of hydrogen-bond donors (Lipinski definition) is 1. The lowest BCUT2D eigenvalue weighted by atomic mass is 10.1. The third kappa shape index (κ3) is 3.97. The molecule has 0 saturated heterocycles. The van der Waals surface area contributed by atoms with Gasteiger partial charge in [-0.1, -0.05) is 6.07 Å². The van der Waals surface area contributed by atoms with Crippen molar-refractivity contribution >= 4 is 24.1 Å². The zero-order chi connectivity index (χ0) is 17.8. The van der Waals surface area contributed by atoms with Crippen molar-refractivity contribution in [2.75, 3.05) is 18.0 Å². The van der Waals surface area contributed by atoms with Crippen molar-refractivity contribution in [2.24, 2.45) is 5.10 Å². The van der Waals surface area contributed by atoms with Crippen molar-refractivity contribution in [3.8, 4) is 6.07 Å². The third-order valence-corrected chi connectivity index (χ3v) is 4.69. The Hall–Kier alpha value is -2.46. The number of H-pyrrole nitrogens is 1. The average Bonchev–Trinajstić information content (AvgIpc) is 3.38. The Labute approximate surface area is 152 Å². The second kappa shape index (κ2) is 7.62. The van der Waals surface area contributed by atoms with Crippen LogP contribution in [0.25, 0.3) is 0 Å². The lowest BCUT2D eigenvalue weighted by Gasteiger charge is -2.22. The SMILES string of the molecule is CCN(CCC#N)c1ccc(/C=N\n2c(C3CC3)n[nH]c2=S)c(C)c1. The summed E-state index contributed by atoms with van der Waals surface area (Å²) in [5, 5.41) is 20.4. The molecule has 7 heteroatoms. The Morgan fingerprint density at radius 3 is 2.96 bits per heavy atom. The predicted octanol–water partition coefficient (Wildman–Crippen LogP) is 3.75. The summed E-state index contributed by atoms with van der Waals surface area (Å²) in [6.07, 6.45) is 4.66. The van der Waals surface area contributed by atoms with Crippen LogP contribution < -0.4 is 4.90 Å². The molecule has 0 spiro atoms. The van der Waals surface area contributed by atoms with E-state index in [4.69, 9.17) is 17.5 Å². The number of hydrogen-bond acceptors (Lipinski definition) is 5. The molecule has 0 aliphatic heterocycles. The zero-order valence-electron chi connectivity index (χ0n) is 14.6. The van der Waals surface area contributed by atoms with Crippen molar-refractivity contribution in [1.82, 2.24) is 14.9 Å². The molecule has 1 aliphatic rings. The highest BCUT2D eigenvalue weighted by molar-refractivity contribution is 7.71. The summed E-state index contributed by atoms with van der Waals surface area (Å²) in [5.74, 6) is 1.40. The molecule has 130 valence electrons. The molecule has 0 unspecified atom stereocenters. The maximum atomic E-state index is 8.79. The average molecular weight is 354 g/mol. The van der Waals surface area contributed by atoms with Gasteiger partial charge in [0.2, 0.25) is 4.77 Å². The molecule has 3 rings (SSSR count). The smallest absolute Gasteiger partial charge is 0.216 e. The van der Waals surface area contributed by atoms with Crippen LogP contribution in [0.4, 0.5) is 5.69 Å². The number of rotatable bonds is 7. The highest BCUT2D eigenvalue weighted by atomic mass is 32.1. The van der Waals surface area contributed by atoms with Gasteiger partial charge in [0.15, 0.2) is 5.82 Å². The molecule has 0 radical (unpaired) electrons. The summed E-state index contributed by atoms with van der Waals surface area (Å²) in [7, 11) is 0. The van der Waals surface area contributed by atoms with E-state index in [1.54, 1.807) is 4.68 Å². The van der Waals surface area contributed by atoms with E-state index in [9.17, 15) is 0 Å². The molecular formula is C18H22N6S. The minimum absolute atomic E-state index is 0.479.